The van der Waals surface area contributed by atoms with Crippen LogP contribution in [0.25, 0.3) is 0 Å². The first-order valence-corrected chi connectivity index (χ1v) is 10.1. The molecule has 0 bridgehead atoms. The number of nitrogens with one attached hydrogen (secondary N) is 2. The van der Waals surface area contributed by atoms with Crippen molar-refractivity contribution in [3.63, 3.8) is 0 Å². The van der Waals surface area contributed by atoms with Crippen molar-refractivity contribution in [2.45, 2.75) is 26.5 Å². The van der Waals surface area contributed by atoms with Gasteiger partial charge in [-0.1, -0.05) is 17.7 Å². The van der Waals surface area contributed by atoms with E-state index in [1.807, 2.05) is 45.0 Å². The van der Waals surface area contributed by atoms with Crippen molar-refractivity contribution >= 4 is 17.5 Å². The van der Waals surface area contributed by atoms with Crippen LogP contribution in [0, 0.1) is 0 Å². The van der Waals surface area contributed by atoms with Gasteiger partial charge in [0, 0.05) is 30.4 Å². The molecule has 0 saturated carbocycles. The van der Waals surface area contributed by atoms with E-state index in [4.69, 9.17) is 4.74 Å². The predicted molar refractivity (Wildman–Crippen MR) is 122 cm³/mol. The number of carbonyl (C=O) groups is 2. The van der Waals surface area contributed by atoms with Crippen LogP contribution in [0.2, 0.25) is 0 Å². The molecule has 0 aliphatic rings. The maximum absolute atomic E-state index is 12.5. The molecule has 0 radical (unpaired) electrons. The SMILES string of the molecule is CC(C)=CC(=O)NCc1ccc(C(=O)Nc2ccc(OCC(O)CN(C)C)cc2)cc1. The molecule has 3 N–H and O–H groups in total. The molecule has 7 heteroatoms. The summed E-state index contributed by atoms with van der Waals surface area (Å²) in [7, 11) is 3.77. The molecule has 0 fully saturated rings. The number of amides is 2. The van der Waals surface area contributed by atoms with E-state index in [-0.39, 0.29) is 18.4 Å². The van der Waals surface area contributed by atoms with Crippen molar-refractivity contribution in [2.24, 2.45) is 0 Å². The van der Waals surface area contributed by atoms with Crippen molar-refractivity contribution in [1.82, 2.24) is 10.2 Å². The summed E-state index contributed by atoms with van der Waals surface area (Å²) in [4.78, 5) is 26.0. The molecule has 31 heavy (non-hydrogen) atoms. The largest absolute Gasteiger partial charge is 0.491 e. The Morgan fingerprint density at radius 1 is 1.06 bits per heavy atom. The lowest BCUT2D eigenvalue weighted by molar-refractivity contribution is -0.116. The summed E-state index contributed by atoms with van der Waals surface area (Å²) in [5.74, 6) is 0.256. The van der Waals surface area contributed by atoms with Crippen LogP contribution in [0.4, 0.5) is 5.69 Å². The minimum Gasteiger partial charge on any atom is -0.491 e. The average molecular weight is 426 g/mol. The van der Waals surface area contributed by atoms with Gasteiger partial charge in [-0.05, 0) is 69.9 Å². The average Bonchev–Trinajstić information content (AvgIpc) is 2.71. The molecule has 7 nitrogen and oxygen atoms in total. The molecule has 166 valence electrons. The van der Waals surface area contributed by atoms with Crippen LogP contribution in [-0.4, -0.2) is 55.2 Å². The summed E-state index contributed by atoms with van der Waals surface area (Å²) in [5, 5.41) is 15.5. The number of aliphatic hydroxyl groups excluding tert-OH is 1. The Morgan fingerprint density at radius 3 is 2.29 bits per heavy atom. The van der Waals surface area contributed by atoms with E-state index in [1.54, 1.807) is 42.5 Å². The lowest BCUT2D eigenvalue weighted by atomic mass is 10.1. The molecule has 2 rings (SSSR count). The molecule has 1 unspecified atom stereocenters. The van der Waals surface area contributed by atoms with Gasteiger partial charge in [0.1, 0.15) is 18.5 Å². The quantitative estimate of drug-likeness (QED) is 0.509. The van der Waals surface area contributed by atoms with Crippen LogP contribution < -0.4 is 15.4 Å². The van der Waals surface area contributed by atoms with Gasteiger partial charge in [-0.15, -0.1) is 0 Å². The van der Waals surface area contributed by atoms with Gasteiger partial charge >= 0.3 is 0 Å². The first kappa shape index (κ1) is 24.1. The third kappa shape index (κ3) is 9.02. The van der Waals surface area contributed by atoms with Crippen LogP contribution in [0.15, 0.2) is 60.2 Å². The summed E-state index contributed by atoms with van der Waals surface area (Å²) < 4.78 is 5.56. The number of benzene rings is 2. The van der Waals surface area contributed by atoms with Crippen molar-refractivity contribution in [3.05, 3.63) is 71.3 Å². The highest BCUT2D eigenvalue weighted by Gasteiger charge is 2.08. The van der Waals surface area contributed by atoms with Gasteiger partial charge in [0.25, 0.3) is 5.91 Å². The molecule has 0 saturated heterocycles. The fourth-order valence-corrected chi connectivity index (χ4v) is 2.78. The molecule has 0 aliphatic heterocycles. The third-order valence-electron chi connectivity index (χ3n) is 4.23. The van der Waals surface area contributed by atoms with Crippen LogP contribution in [0.3, 0.4) is 0 Å². The summed E-state index contributed by atoms with van der Waals surface area (Å²) in [6.07, 6.45) is 0.974. The van der Waals surface area contributed by atoms with Gasteiger partial charge < -0.3 is 25.4 Å². The van der Waals surface area contributed by atoms with Gasteiger partial charge in [0.2, 0.25) is 5.91 Å². The summed E-state index contributed by atoms with van der Waals surface area (Å²) in [6.45, 7) is 4.85. The lowest BCUT2D eigenvalue weighted by Gasteiger charge is -2.16. The first-order valence-electron chi connectivity index (χ1n) is 10.1. The smallest absolute Gasteiger partial charge is 0.255 e. The second-order valence-electron chi connectivity index (χ2n) is 7.84. The number of aliphatic hydroxyl groups is 1. The number of hydrogen-bond donors (Lipinski definition) is 3. The number of ether oxygens (including phenoxy) is 1. The number of nitrogens with zero attached hydrogens (tertiary/aromatic N) is 1. The zero-order chi connectivity index (χ0) is 22.8. The maximum atomic E-state index is 12.5. The number of rotatable bonds is 10. The summed E-state index contributed by atoms with van der Waals surface area (Å²) in [5.41, 5.74) is 3.01. The fourth-order valence-electron chi connectivity index (χ4n) is 2.78. The number of likely N-dealkylation sites (N-methyl/N-ethyl adjacent to an activating group) is 1. The van der Waals surface area contributed by atoms with Gasteiger partial charge in [-0.3, -0.25) is 9.59 Å². The molecule has 0 aromatic heterocycles. The van der Waals surface area contributed by atoms with Gasteiger partial charge in [-0.25, -0.2) is 0 Å². The molecule has 2 aromatic rings. The molecule has 0 aliphatic carbocycles. The van der Waals surface area contributed by atoms with Crippen molar-refractivity contribution in [2.75, 3.05) is 32.6 Å². The van der Waals surface area contributed by atoms with Crippen molar-refractivity contribution in [3.8, 4) is 5.75 Å². The summed E-state index contributed by atoms with van der Waals surface area (Å²) in [6, 6.07) is 14.1. The standard InChI is InChI=1S/C24H31N3O4/c1-17(2)13-23(29)25-14-18-5-7-19(8-6-18)24(30)26-20-9-11-22(12-10-20)31-16-21(28)15-27(3)4/h5-13,21,28H,14-16H2,1-4H3,(H,25,29)(H,26,30). The molecule has 2 aromatic carbocycles. The topological polar surface area (TPSA) is 90.9 Å². The minimum absolute atomic E-state index is 0.138. The zero-order valence-corrected chi connectivity index (χ0v) is 18.5. The van der Waals surface area contributed by atoms with Crippen LogP contribution in [-0.2, 0) is 11.3 Å². The highest BCUT2D eigenvalue weighted by Crippen LogP contribution is 2.17. The van der Waals surface area contributed by atoms with Crippen LogP contribution in [0.1, 0.15) is 29.8 Å². The fraction of sp³-hybridized carbons (Fsp3) is 0.333. The normalized spacial score (nSPS) is 11.5. The molecular weight excluding hydrogens is 394 g/mol. The number of anilines is 1. The first-order chi connectivity index (χ1) is 14.7. The highest BCUT2D eigenvalue weighted by molar-refractivity contribution is 6.04. The number of carbonyl (C=O) groups excluding carboxylic acids is 2. The molecule has 0 heterocycles. The van der Waals surface area contributed by atoms with E-state index < -0.39 is 6.10 Å². The Bertz CT molecular complexity index is 886. The Labute approximate surface area is 183 Å². The Morgan fingerprint density at radius 2 is 1.71 bits per heavy atom. The Kier molecular flexibility index (Phi) is 9.24. The van der Waals surface area contributed by atoms with E-state index in [9.17, 15) is 14.7 Å². The molecular formula is C24H31N3O4. The van der Waals surface area contributed by atoms with Crippen LogP contribution >= 0.6 is 0 Å². The van der Waals surface area contributed by atoms with E-state index in [2.05, 4.69) is 10.6 Å². The maximum Gasteiger partial charge on any atom is 0.255 e. The van der Waals surface area contributed by atoms with E-state index >= 15 is 0 Å². The monoisotopic (exact) mass is 425 g/mol. The number of hydrogen-bond acceptors (Lipinski definition) is 5. The van der Waals surface area contributed by atoms with Gasteiger partial charge in [-0.2, -0.15) is 0 Å². The second kappa shape index (κ2) is 11.9. The lowest BCUT2D eigenvalue weighted by Crippen LogP contribution is -2.30. The number of allylic oxidation sites excluding steroid dienone is 1. The molecule has 0 spiro atoms. The molecule has 2 amide bonds. The van der Waals surface area contributed by atoms with E-state index in [0.717, 1.165) is 11.1 Å². The zero-order valence-electron chi connectivity index (χ0n) is 18.5. The Hall–Kier alpha value is -3.16. The van der Waals surface area contributed by atoms with Gasteiger partial charge in [0.05, 0.1) is 0 Å². The minimum atomic E-state index is -0.571. The second-order valence-corrected chi connectivity index (χ2v) is 7.84. The van der Waals surface area contributed by atoms with Crippen molar-refractivity contribution < 1.29 is 19.4 Å². The van der Waals surface area contributed by atoms with Gasteiger partial charge in [0.15, 0.2) is 0 Å². The van der Waals surface area contributed by atoms with E-state index in [1.165, 1.54) is 0 Å². The van der Waals surface area contributed by atoms with Crippen molar-refractivity contribution in [1.29, 1.82) is 0 Å². The molecule has 1 atom stereocenters. The van der Waals surface area contributed by atoms with E-state index in [0.29, 0.717) is 30.1 Å². The summed E-state index contributed by atoms with van der Waals surface area (Å²) >= 11 is 0. The predicted octanol–water partition coefficient (Wildman–Crippen LogP) is 2.82. The Balaban J connectivity index is 1.84. The van der Waals surface area contributed by atoms with Crippen LogP contribution in [0.5, 0.6) is 5.75 Å². The third-order valence-corrected chi connectivity index (χ3v) is 4.23. The highest BCUT2D eigenvalue weighted by atomic mass is 16.5.